The van der Waals surface area contributed by atoms with Gasteiger partial charge in [0, 0.05) is 40.2 Å². The van der Waals surface area contributed by atoms with Crippen LogP contribution in [-0.4, -0.2) is 21.5 Å². The van der Waals surface area contributed by atoms with E-state index in [0.717, 1.165) is 12.2 Å². The van der Waals surface area contributed by atoms with Crippen molar-refractivity contribution >= 4 is 50.7 Å². The van der Waals surface area contributed by atoms with Crippen LogP contribution in [0, 0.1) is 0 Å². The average Bonchev–Trinajstić information content (AvgIpc) is 3.02. The monoisotopic (exact) mass is 392 g/mol. The number of halogens is 1. The number of pyridine rings is 1. The Bertz CT molecular complexity index is 1170. The van der Waals surface area contributed by atoms with Gasteiger partial charge >= 0.3 is 0 Å². The van der Waals surface area contributed by atoms with Crippen molar-refractivity contribution in [2.75, 3.05) is 10.6 Å². The summed E-state index contributed by atoms with van der Waals surface area (Å²) in [5.41, 5.74) is 3.80. The molecule has 2 aromatic heterocycles. The Balaban J connectivity index is 1.60. The Morgan fingerprint density at radius 3 is 2.68 bits per heavy atom. The zero-order valence-electron chi connectivity index (χ0n) is 15.7. The molecule has 0 aliphatic heterocycles. The van der Waals surface area contributed by atoms with E-state index in [2.05, 4.69) is 63.5 Å². The number of nitrogens with one attached hydrogen (secondary N) is 2. The van der Waals surface area contributed by atoms with E-state index in [4.69, 9.17) is 11.6 Å². The topological polar surface area (TPSA) is 59.0 Å². The maximum absolute atomic E-state index is 12.5. The van der Waals surface area contributed by atoms with Gasteiger partial charge in [0.05, 0.1) is 5.69 Å². The predicted molar refractivity (Wildman–Crippen MR) is 116 cm³/mol. The van der Waals surface area contributed by atoms with Crippen LogP contribution in [0.2, 0.25) is 5.15 Å². The van der Waals surface area contributed by atoms with Gasteiger partial charge in [0.1, 0.15) is 6.04 Å². The Kier molecular flexibility index (Phi) is 4.92. The first-order chi connectivity index (χ1) is 13.6. The van der Waals surface area contributed by atoms with Crippen LogP contribution in [0.3, 0.4) is 0 Å². The number of hydrogen-bond donors (Lipinski definition) is 2. The fourth-order valence-corrected chi connectivity index (χ4v) is 3.69. The van der Waals surface area contributed by atoms with Crippen molar-refractivity contribution < 1.29 is 4.79 Å². The molecule has 6 heteroatoms. The smallest absolute Gasteiger partial charge is 0.246 e. The van der Waals surface area contributed by atoms with Crippen molar-refractivity contribution in [3.8, 4) is 0 Å². The normalized spacial score (nSPS) is 12.2. The minimum atomic E-state index is -0.437. The second-order valence-electron chi connectivity index (χ2n) is 6.69. The largest absolute Gasteiger partial charge is 0.374 e. The van der Waals surface area contributed by atoms with Crippen molar-refractivity contribution in [1.29, 1.82) is 0 Å². The molecular formula is C22H21ClN4O. The molecule has 2 heterocycles. The van der Waals surface area contributed by atoms with Crippen LogP contribution in [0.25, 0.3) is 21.8 Å². The Hall–Kier alpha value is -3.05. The van der Waals surface area contributed by atoms with E-state index in [0.29, 0.717) is 5.69 Å². The number of carbonyl (C=O) groups is 1. The van der Waals surface area contributed by atoms with Gasteiger partial charge in [0.25, 0.3) is 0 Å². The average molecular weight is 393 g/mol. The molecule has 0 radical (unpaired) electrons. The molecule has 0 saturated carbocycles. The van der Waals surface area contributed by atoms with Crippen molar-refractivity contribution in [2.24, 2.45) is 0 Å². The SMILES string of the molecule is CCn1c2ccccc2c2cc(NC(C)C(=O)Nc3cccnc3Cl)ccc21. The third-order valence-electron chi connectivity index (χ3n) is 4.88. The van der Waals surface area contributed by atoms with Crippen LogP contribution in [-0.2, 0) is 11.3 Å². The predicted octanol–water partition coefficient (Wildman–Crippen LogP) is 5.30. The van der Waals surface area contributed by atoms with E-state index in [9.17, 15) is 4.79 Å². The molecule has 0 saturated heterocycles. The molecule has 28 heavy (non-hydrogen) atoms. The fourth-order valence-electron chi connectivity index (χ4n) is 3.52. The number of aromatic nitrogens is 2. The summed E-state index contributed by atoms with van der Waals surface area (Å²) in [6, 6.07) is 17.6. The second-order valence-corrected chi connectivity index (χ2v) is 7.05. The highest BCUT2D eigenvalue weighted by Crippen LogP contribution is 2.31. The zero-order valence-corrected chi connectivity index (χ0v) is 16.5. The van der Waals surface area contributed by atoms with Crippen LogP contribution in [0.15, 0.2) is 60.8 Å². The van der Waals surface area contributed by atoms with E-state index < -0.39 is 6.04 Å². The summed E-state index contributed by atoms with van der Waals surface area (Å²) in [5.74, 6) is -0.175. The number of para-hydroxylation sites is 1. The van der Waals surface area contributed by atoms with Crippen LogP contribution < -0.4 is 10.6 Å². The van der Waals surface area contributed by atoms with E-state index in [1.165, 1.54) is 21.8 Å². The quantitative estimate of drug-likeness (QED) is 0.453. The molecule has 1 unspecified atom stereocenters. The number of anilines is 2. The maximum atomic E-state index is 12.5. The highest BCUT2D eigenvalue weighted by atomic mass is 35.5. The van der Waals surface area contributed by atoms with E-state index >= 15 is 0 Å². The molecule has 142 valence electrons. The number of hydrogen-bond acceptors (Lipinski definition) is 3. The first-order valence-electron chi connectivity index (χ1n) is 9.27. The first kappa shape index (κ1) is 18.3. The van der Waals surface area contributed by atoms with Gasteiger partial charge < -0.3 is 15.2 Å². The summed E-state index contributed by atoms with van der Waals surface area (Å²) in [4.78, 5) is 16.5. The molecule has 4 aromatic rings. The van der Waals surface area contributed by atoms with Crippen LogP contribution in [0.1, 0.15) is 13.8 Å². The molecule has 5 nitrogen and oxygen atoms in total. The molecule has 2 aromatic carbocycles. The molecule has 2 N–H and O–H groups in total. The lowest BCUT2D eigenvalue weighted by molar-refractivity contribution is -0.116. The van der Waals surface area contributed by atoms with Crippen LogP contribution >= 0.6 is 11.6 Å². The van der Waals surface area contributed by atoms with Gasteiger partial charge in [-0.05, 0) is 50.2 Å². The van der Waals surface area contributed by atoms with Gasteiger partial charge in [-0.2, -0.15) is 0 Å². The summed E-state index contributed by atoms with van der Waals surface area (Å²) in [6.07, 6.45) is 1.58. The number of nitrogens with zero attached hydrogens (tertiary/aromatic N) is 2. The number of fused-ring (bicyclic) bond motifs is 3. The molecule has 0 aliphatic carbocycles. The summed E-state index contributed by atoms with van der Waals surface area (Å²) in [6.45, 7) is 4.87. The van der Waals surface area contributed by atoms with Gasteiger partial charge in [-0.15, -0.1) is 0 Å². The lowest BCUT2D eigenvalue weighted by Gasteiger charge is -2.16. The van der Waals surface area contributed by atoms with Crippen molar-refractivity contribution in [3.05, 3.63) is 65.9 Å². The Morgan fingerprint density at radius 1 is 1.11 bits per heavy atom. The number of amides is 1. The lowest BCUT2D eigenvalue weighted by atomic mass is 10.1. The van der Waals surface area contributed by atoms with Crippen LogP contribution in [0.5, 0.6) is 0 Å². The molecule has 4 rings (SSSR count). The van der Waals surface area contributed by atoms with Crippen molar-refractivity contribution in [3.63, 3.8) is 0 Å². The molecule has 1 atom stereocenters. The molecule has 0 fully saturated rings. The van der Waals surface area contributed by atoms with Gasteiger partial charge in [0.2, 0.25) is 5.91 Å². The van der Waals surface area contributed by atoms with Gasteiger partial charge in [-0.1, -0.05) is 29.8 Å². The standard InChI is InChI=1S/C22H21ClN4O/c1-3-27-19-9-5-4-7-16(19)17-13-15(10-11-20(17)27)25-14(2)22(28)26-18-8-6-12-24-21(18)23/h4-14,25H,3H2,1-2H3,(H,26,28). The lowest BCUT2D eigenvalue weighted by Crippen LogP contribution is -2.32. The Labute approximate surface area is 168 Å². The summed E-state index contributed by atoms with van der Waals surface area (Å²) >= 11 is 6.02. The molecule has 0 spiro atoms. The minimum Gasteiger partial charge on any atom is -0.374 e. The Morgan fingerprint density at radius 2 is 1.89 bits per heavy atom. The summed E-state index contributed by atoms with van der Waals surface area (Å²) in [5, 5.41) is 8.75. The summed E-state index contributed by atoms with van der Waals surface area (Å²) < 4.78 is 2.30. The first-order valence-corrected chi connectivity index (χ1v) is 9.65. The number of benzene rings is 2. The molecule has 1 amide bonds. The maximum Gasteiger partial charge on any atom is 0.246 e. The van der Waals surface area contributed by atoms with Crippen molar-refractivity contribution in [1.82, 2.24) is 9.55 Å². The van der Waals surface area contributed by atoms with E-state index in [1.54, 1.807) is 18.3 Å². The highest BCUT2D eigenvalue weighted by molar-refractivity contribution is 6.32. The third-order valence-corrected chi connectivity index (χ3v) is 5.18. The minimum absolute atomic E-state index is 0.175. The third kappa shape index (κ3) is 3.29. The summed E-state index contributed by atoms with van der Waals surface area (Å²) in [7, 11) is 0. The molecule has 0 bridgehead atoms. The number of rotatable bonds is 5. The van der Waals surface area contributed by atoms with Gasteiger partial charge in [-0.25, -0.2) is 4.98 Å². The van der Waals surface area contributed by atoms with Gasteiger partial charge in [-0.3, -0.25) is 4.79 Å². The fraction of sp³-hybridized carbons (Fsp3) is 0.182. The number of aryl methyl sites for hydroxylation is 1. The van der Waals surface area contributed by atoms with Crippen LogP contribution in [0.4, 0.5) is 11.4 Å². The molecular weight excluding hydrogens is 372 g/mol. The molecule has 0 aliphatic rings. The number of carbonyl (C=O) groups excluding carboxylic acids is 1. The van der Waals surface area contributed by atoms with Crippen molar-refractivity contribution in [2.45, 2.75) is 26.4 Å². The zero-order chi connectivity index (χ0) is 19.7. The van der Waals surface area contributed by atoms with E-state index in [1.807, 2.05) is 13.0 Å². The van der Waals surface area contributed by atoms with Gasteiger partial charge in [0.15, 0.2) is 5.15 Å². The second kappa shape index (κ2) is 7.52. The van der Waals surface area contributed by atoms with E-state index in [-0.39, 0.29) is 11.1 Å². The highest BCUT2D eigenvalue weighted by Gasteiger charge is 2.16.